The molecule has 0 aliphatic carbocycles. The zero-order valence-corrected chi connectivity index (χ0v) is 16.0. The Bertz CT molecular complexity index is 612. The molecule has 1 aromatic carbocycles. The van der Waals surface area contributed by atoms with Gasteiger partial charge in [0.05, 0.1) is 23.0 Å². The van der Waals surface area contributed by atoms with Crippen molar-refractivity contribution in [2.24, 2.45) is 0 Å². The Morgan fingerprint density at radius 1 is 1.40 bits per heavy atom. The van der Waals surface area contributed by atoms with Crippen molar-refractivity contribution in [3.8, 4) is 0 Å². The molecule has 2 aromatic rings. The lowest BCUT2D eigenvalue weighted by molar-refractivity contribution is 0.483. The van der Waals surface area contributed by atoms with Gasteiger partial charge in [0.1, 0.15) is 0 Å². The van der Waals surface area contributed by atoms with E-state index in [1.807, 2.05) is 11.7 Å². The lowest BCUT2D eigenvalue weighted by Gasteiger charge is -2.22. The number of hydrogen-bond donors (Lipinski definition) is 1. The third-order valence-corrected chi connectivity index (χ3v) is 4.79. The van der Waals surface area contributed by atoms with Crippen LogP contribution < -0.4 is 5.32 Å². The van der Waals surface area contributed by atoms with Gasteiger partial charge in [-0.15, -0.1) is 0 Å². The first-order chi connectivity index (χ1) is 9.45. The molecular formula is C14H16BrClIN3. The number of hydrogen-bond acceptors (Lipinski definition) is 2. The summed E-state index contributed by atoms with van der Waals surface area (Å²) in [5.41, 5.74) is 2.15. The summed E-state index contributed by atoms with van der Waals surface area (Å²) < 4.78 is 4.22. The maximum Gasteiger partial charge on any atom is 0.0837 e. The molecule has 20 heavy (non-hydrogen) atoms. The second-order valence-corrected chi connectivity index (χ2v) is 7.31. The van der Waals surface area contributed by atoms with E-state index < -0.39 is 0 Å². The van der Waals surface area contributed by atoms with Gasteiger partial charge in [-0.3, -0.25) is 4.68 Å². The van der Waals surface area contributed by atoms with Crippen LogP contribution in [-0.2, 0) is 0 Å². The number of benzene rings is 1. The van der Waals surface area contributed by atoms with Gasteiger partial charge in [-0.1, -0.05) is 27.5 Å². The molecule has 1 heterocycles. The molecule has 0 spiro atoms. The van der Waals surface area contributed by atoms with E-state index in [9.17, 15) is 0 Å². The van der Waals surface area contributed by atoms with E-state index in [0.717, 1.165) is 15.7 Å². The van der Waals surface area contributed by atoms with Crippen LogP contribution in [0.5, 0.6) is 0 Å². The highest BCUT2D eigenvalue weighted by Crippen LogP contribution is 2.34. The Morgan fingerprint density at radius 3 is 2.70 bits per heavy atom. The van der Waals surface area contributed by atoms with Gasteiger partial charge in [-0.25, -0.2) is 0 Å². The van der Waals surface area contributed by atoms with E-state index in [2.05, 4.69) is 81.0 Å². The van der Waals surface area contributed by atoms with E-state index in [1.165, 1.54) is 3.57 Å². The summed E-state index contributed by atoms with van der Waals surface area (Å²) in [5.74, 6) is 0. The average Bonchev–Trinajstić information content (AvgIpc) is 2.77. The molecule has 3 nitrogen and oxygen atoms in total. The molecule has 0 fully saturated rings. The van der Waals surface area contributed by atoms with Crippen molar-refractivity contribution >= 4 is 50.1 Å². The molecule has 1 aromatic heterocycles. The molecule has 0 saturated carbocycles. The largest absolute Gasteiger partial charge is 0.308 e. The fourth-order valence-corrected chi connectivity index (χ4v) is 3.44. The summed E-state index contributed by atoms with van der Waals surface area (Å²) in [5, 5.41) is 8.42. The highest BCUT2D eigenvalue weighted by molar-refractivity contribution is 14.1. The van der Waals surface area contributed by atoms with Crippen LogP contribution in [0, 0.1) is 3.57 Å². The van der Waals surface area contributed by atoms with Gasteiger partial charge in [0.15, 0.2) is 0 Å². The van der Waals surface area contributed by atoms with E-state index in [-0.39, 0.29) is 12.1 Å². The fourth-order valence-electron chi connectivity index (χ4n) is 2.21. The minimum Gasteiger partial charge on any atom is -0.308 e. The van der Waals surface area contributed by atoms with Crippen LogP contribution in [0.2, 0.25) is 5.02 Å². The van der Waals surface area contributed by atoms with E-state index in [4.69, 9.17) is 11.6 Å². The molecule has 0 saturated heterocycles. The first kappa shape index (κ1) is 16.3. The van der Waals surface area contributed by atoms with Crippen LogP contribution >= 0.6 is 50.1 Å². The Morgan fingerprint density at radius 2 is 2.10 bits per heavy atom. The molecule has 2 rings (SSSR count). The predicted octanol–water partition coefficient (Wildman–Crippen LogP) is 4.79. The highest BCUT2D eigenvalue weighted by Gasteiger charge is 2.23. The van der Waals surface area contributed by atoms with Crippen molar-refractivity contribution < 1.29 is 0 Å². The summed E-state index contributed by atoms with van der Waals surface area (Å²) >= 11 is 12.3. The standard InChI is InChI=1S/C14H16BrClIN3/c1-8(2)20-14(12(16)7-19-20)13(18-3)10-6-9(17)4-5-11(10)15/h4-8,13,18H,1-3H3. The van der Waals surface area contributed by atoms with Gasteiger partial charge in [-0.05, 0) is 67.2 Å². The Kier molecular flexibility index (Phi) is 5.50. The maximum atomic E-state index is 6.36. The van der Waals surface area contributed by atoms with Crippen molar-refractivity contribution in [3.05, 3.63) is 48.7 Å². The Balaban J connectivity index is 2.58. The van der Waals surface area contributed by atoms with Crippen molar-refractivity contribution in [2.45, 2.75) is 25.9 Å². The van der Waals surface area contributed by atoms with E-state index in [0.29, 0.717) is 5.02 Å². The molecule has 6 heteroatoms. The van der Waals surface area contributed by atoms with Crippen molar-refractivity contribution in [1.82, 2.24) is 15.1 Å². The minimum atomic E-state index is -0.00325. The summed E-state index contributed by atoms with van der Waals surface area (Å²) in [6.07, 6.45) is 1.71. The maximum absolute atomic E-state index is 6.36. The van der Waals surface area contributed by atoms with Gasteiger partial charge < -0.3 is 5.32 Å². The first-order valence-corrected chi connectivity index (χ1v) is 8.55. The third kappa shape index (κ3) is 3.21. The Hall–Kier alpha value is -0.110. The molecule has 0 aliphatic rings. The molecule has 0 radical (unpaired) electrons. The monoisotopic (exact) mass is 467 g/mol. The number of halogens is 3. The molecule has 108 valence electrons. The minimum absolute atomic E-state index is 0.00325. The van der Waals surface area contributed by atoms with Crippen LogP contribution in [0.4, 0.5) is 0 Å². The Labute approximate surface area is 146 Å². The number of rotatable bonds is 4. The SMILES string of the molecule is CNC(c1cc(I)ccc1Br)c1c(Cl)cnn1C(C)C. The summed E-state index contributed by atoms with van der Waals surface area (Å²) in [4.78, 5) is 0. The van der Waals surface area contributed by atoms with Gasteiger partial charge in [0.2, 0.25) is 0 Å². The van der Waals surface area contributed by atoms with Crippen LogP contribution in [0.15, 0.2) is 28.9 Å². The first-order valence-electron chi connectivity index (χ1n) is 6.30. The molecule has 0 bridgehead atoms. The second kappa shape index (κ2) is 6.77. The zero-order valence-electron chi connectivity index (χ0n) is 11.5. The quantitative estimate of drug-likeness (QED) is 0.654. The van der Waals surface area contributed by atoms with Gasteiger partial charge in [0, 0.05) is 14.1 Å². The van der Waals surface area contributed by atoms with Crippen molar-refractivity contribution in [2.75, 3.05) is 7.05 Å². The summed E-state index contributed by atoms with van der Waals surface area (Å²) in [6, 6.07) is 6.54. The molecule has 1 N–H and O–H groups in total. The van der Waals surface area contributed by atoms with Crippen molar-refractivity contribution in [1.29, 1.82) is 0 Å². The number of nitrogens with zero attached hydrogens (tertiary/aromatic N) is 2. The highest BCUT2D eigenvalue weighted by atomic mass is 127. The lowest BCUT2D eigenvalue weighted by atomic mass is 10.0. The fraction of sp³-hybridized carbons (Fsp3) is 0.357. The predicted molar refractivity (Wildman–Crippen MR) is 95.4 cm³/mol. The molecule has 1 unspecified atom stereocenters. The van der Waals surface area contributed by atoms with Crippen LogP contribution in [-0.4, -0.2) is 16.8 Å². The van der Waals surface area contributed by atoms with Crippen LogP contribution in [0.25, 0.3) is 0 Å². The second-order valence-electron chi connectivity index (χ2n) is 4.80. The third-order valence-electron chi connectivity index (χ3n) is 3.11. The van der Waals surface area contributed by atoms with Gasteiger partial charge >= 0.3 is 0 Å². The molecular weight excluding hydrogens is 452 g/mol. The zero-order chi connectivity index (χ0) is 14.9. The average molecular weight is 469 g/mol. The summed E-state index contributed by atoms with van der Waals surface area (Å²) in [7, 11) is 1.94. The number of aromatic nitrogens is 2. The molecule has 0 amide bonds. The molecule has 1 atom stereocenters. The van der Waals surface area contributed by atoms with Crippen molar-refractivity contribution in [3.63, 3.8) is 0 Å². The van der Waals surface area contributed by atoms with Crippen LogP contribution in [0.3, 0.4) is 0 Å². The van der Waals surface area contributed by atoms with E-state index >= 15 is 0 Å². The summed E-state index contributed by atoms with van der Waals surface area (Å²) in [6.45, 7) is 4.20. The lowest BCUT2D eigenvalue weighted by Crippen LogP contribution is -2.23. The topological polar surface area (TPSA) is 29.9 Å². The van der Waals surface area contributed by atoms with Crippen LogP contribution in [0.1, 0.15) is 37.2 Å². The van der Waals surface area contributed by atoms with Gasteiger partial charge in [-0.2, -0.15) is 5.10 Å². The van der Waals surface area contributed by atoms with Gasteiger partial charge in [0.25, 0.3) is 0 Å². The normalized spacial score (nSPS) is 12.9. The van der Waals surface area contributed by atoms with E-state index in [1.54, 1.807) is 6.20 Å². The molecule has 0 aliphatic heterocycles. The smallest absolute Gasteiger partial charge is 0.0837 e. The number of nitrogens with one attached hydrogen (secondary N) is 1.